The molecule has 15 heavy (non-hydrogen) atoms. The molecule has 1 saturated carbocycles. The van der Waals surface area contributed by atoms with Gasteiger partial charge in [-0.1, -0.05) is 0 Å². The van der Waals surface area contributed by atoms with Gasteiger partial charge in [0.1, 0.15) is 5.82 Å². The molecule has 0 saturated heterocycles. The van der Waals surface area contributed by atoms with Crippen LogP contribution in [0.2, 0.25) is 0 Å². The fourth-order valence-corrected chi connectivity index (χ4v) is 2.09. The molecule has 2 rings (SSSR count). The maximum Gasteiger partial charge on any atom is 0.161 e. The Morgan fingerprint density at radius 1 is 0.867 bits per heavy atom. The van der Waals surface area contributed by atoms with E-state index in [1.54, 1.807) is 0 Å². The van der Waals surface area contributed by atoms with Crippen molar-refractivity contribution < 1.29 is 13.2 Å². The van der Waals surface area contributed by atoms with Crippen LogP contribution in [-0.4, -0.2) is 0 Å². The lowest BCUT2D eigenvalue weighted by molar-refractivity contribution is 0.458. The molecule has 3 heteroatoms. The quantitative estimate of drug-likeness (QED) is 0.619. The van der Waals surface area contributed by atoms with Crippen molar-refractivity contribution in [2.24, 2.45) is 0 Å². The van der Waals surface area contributed by atoms with Crippen molar-refractivity contribution in [2.45, 2.75) is 31.6 Å². The van der Waals surface area contributed by atoms with Gasteiger partial charge in [-0.3, -0.25) is 0 Å². The van der Waals surface area contributed by atoms with Crippen molar-refractivity contribution in [1.29, 1.82) is 0 Å². The number of hydrogen-bond donors (Lipinski definition) is 0. The van der Waals surface area contributed by atoms with Crippen molar-refractivity contribution in [1.82, 2.24) is 0 Å². The van der Waals surface area contributed by atoms with E-state index < -0.39 is 17.5 Å². The summed E-state index contributed by atoms with van der Waals surface area (Å²) in [5.74, 6) is -2.66. The fraction of sp³-hybridized carbons (Fsp3) is 0.417. The van der Waals surface area contributed by atoms with E-state index in [-0.39, 0.29) is 5.92 Å². The lowest BCUT2D eigenvalue weighted by Gasteiger charge is -2.22. The Morgan fingerprint density at radius 3 is 2.13 bits per heavy atom. The van der Waals surface area contributed by atoms with Crippen LogP contribution in [0.4, 0.5) is 13.2 Å². The number of hydrogen-bond acceptors (Lipinski definition) is 0. The molecule has 0 amide bonds. The summed E-state index contributed by atoms with van der Waals surface area (Å²) in [6.45, 7) is 0. The van der Waals surface area contributed by atoms with E-state index in [2.05, 4.69) is 6.42 Å². The molecule has 0 unspecified atom stereocenters. The maximum absolute atomic E-state index is 13.4. The molecule has 0 N–H and O–H groups in total. The SMILES string of the molecule is Fc1cc(F)c(C2CC[CH]CC2)cc1F. The second-order valence-corrected chi connectivity index (χ2v) is 3.93. The molecule has 0 spiro atoms. The predicted octanol–water partition coefficient (Wildman–Crippen LogP) is 3.97. The molecule has 1 fully saturated rings. The maximum atomic E-state index is 13.4. The Labute approximate surface area is 87.1 Å². The summed E-state index contributed by atoms with van der Waals surface area (Å²) >= 11 is 0. The summed E-state index contributed by atoms with van der Waals surface area (Å²) in [6.07, 6.45) is 5.63. The summed E-state index contributed by atoms with van der Waals surface area (Å²) in [5.41, 5.74) is 0.321. The van der Waals surface area contributed by atoms with Crippen LogP contribution in [0, 0.1) is 23.9 Å². The molecule has 0 nitrogen and oxygen atoms in total. The smallest absolute Gasteiger partial charge is 0.161 e. The lowest BCUT2D eigenvalue weighted by atomic mass is 9.84. The average molecular weight is 213 g/mol. The predicted molar refractivity (Wildman–Crippen MR) is 51.8 cm³/mol. The van der Waals surface area contributed by atoms with Gasteiger partial charge >= 0.3 is 0 Å². The Bertz CT molecular complexity index is 354. The molecule has 1 radical (unpaired) electrons. The van der Waals surface area contributed by atoms with E-state index >= 15 is 0 Å². The van der Waals surface area contributed by atoms with E-state index in [1.807, 2.05) is 0 Å². The molecule has 0 aliphatic heterocycles. The molecular weight excluding hydrogens is 201 g/mol. The second-order valence-electron chi connectivity index (χ2n) is 3.93. The molecule has 0 bridgehead atoms. The van der Waals surface area contributed by atoms with Crippen molar-refractivity contribution in [3.05, 3.63) is 41.6 Å². The zero-order valence-corrected chi connectivity index (χ0v) is 8.27. The Hall–Kier alpha value is -0.990. The first-order valence-corrected chi connectivity index (χ1v) is 5.14. The topological polar surface area (TPSA) is 0 Å². The van der Waals surface area contributed by atoms with Gasteiger partial charge in [-0.15, -0.1) is 0 Å². The number of benzene rings is 1. The third kappa shape index (κ3) is 2.16. The van der Waals surface area contributed by atoms with Crippen LogP contribution in [0.15, 0.2) is 12.1 Å². The van der Waals surface area contributed by atoms with E-state index in [1.165, 1.54) is 0 Å². The van der Waals surface area contributed by atoms with Gasteiger partial charge in [-0.2, -0.15) is 0 Å². The van der Waals surface area contributed by atoms with Crippen molar-refractivity contribution in [3.63, 3.8) is 0 Å². The van der Waals surface area contributed by atoms with E-state index in [9.17, 15) is 13.2 Å². The van der Waals surface area contributed by atoms with Crippen LogP contribution in [0.25, 0.3) is 0 Å². The summed E-state index contributed by atoms with van der Waals surface area (Å²) in [6, 6.07) is 1.64. The Balaban J connectivity index is 2.30. The van der Waals surface area contributed by atoms with Crippen molar-refractivity contribution >= 4 is 0 Å². The zero-order chi connectivity index (χ0) is 10.8. The standard InChI is InChI=1S/C12H12F3/c13-10-7-12(15)11(14)6-9(10)8-4-2-1-3-5-8/h1,6-8H,2-5H2. The first-order valence-electron chi connectivity index (χ1n) is 5.14. The third-order valence-corrected chi connectivity index (χ3v) is 2.92. The minimum atomic E-state index is -1.11. The minimum Gasteiger partial charge on any atom is -0.207 e. The molecule has 81 valence electrons. The molecule has 0 aromatic heterocycles. The van der Waals surface area contributed by atoms with Crippen LogP contribution in [-0.2, 0) is 0 Å². The highest BCUT2D eigenvalue weighted by atomic mass is 19.2. The van der Waals surface area contributed by atoms with Gasteiger partial charge in [-0.05, 0) is 49.7 Å². The van der Waals surface area contributed by atoms with Gasteiger partial charge in [0.25, 0.3) is 0 Å². The van der Waals surface area contributed by atoms with Crippen LogP contribution in [0.5, 0.6) is 0 Å². The zero-order valence-electron chi connectivity index (χ0n) is 8.27. The third-order valence-electron chi connectivity index (χ3n) is 2.92. The average Bonchev–Trinajstić information content (AvgIpc) is 2.25. The van der Waals surface area contributed by atoms with Gasteiger partial charge < -0.3 is 0 Å². The van der Waals surface area contributed by atoms with E-state index in [0.717, 1.165) is 31.7 Å². The van der Waals surface area contributed by atoms with Crippen LogP contribution < -0.4 is 0 Å². The van der Waals surface area contributed by atoms with Gasteiger partial charge in [0.15, 0.2) is 11.6 Å². The van der Waals surface area contributed by atoms with Crippen molar-refractivity contribution in [2.75, 3.05) is 0 Å². The first-order chi connectivity index (χ1) is 7.18. The highest BCUT2D eigenvalue weighted by Crippen LogP contribution is 2.34. The Kier molecular flexibility index (Phi) is 2.98. The number of halogens is 3. The first kappa shape index (κ1) is 10.5. The van der Waals surface area contributed by atoms with Gasteiger partial charge in [0.2, 0.25) is 0 Å². The number of rotatable bonds is 1. The largest absolute Gasteiger partial charge is 0.207 e. The van der Waals surface area contributed by atoms with E-state index in [4.69, 9.17) is 0 Å². The van der Waals surface area contributed by atoms with Gasteiger partial charge in [0, 0.05) is 6.07 Å². The monoisotopic (exact) mass is 213 g/mol. The molecule has 0 atom stereocenters. The van der Waals surface area contributed by atoms with Gasteiger partial charge in [-0.25, -0.2) is 13.2 Å². The molecule has 1 aromatic rings. The normalized spacial score (nSPS) is 18.1. The molecule has 1 aliphatic rings. The van der Waals surface area contributed by atoms with Crippen LogP contribution >= 0.6 is 0 Å². The van der Waals surface area contributed by atoms with E-state index in [0.29, 0.717) is 11.6 Å². The highest BCUT2D eigenvalue weighted by Gasteiger charge is 2.20. The van der Waals surface area contributed by atoms with Crippen LogP contribution in [0.1, 0.15) is 37.2 Å². The molecular formula is C12H12F3. The molecule has 1 aliphatic carbocycles. The lowest BCUT2D eigenvalue weighted by Crippen LogP contribution is -2.08. The summed E-state index contributed by atoms with van der Waals surface area (Å²) in [7, 11) is 0. The molecule has 1 aromatic carbocycles. The Morgan fingerprint density at radius 2 is 1.47 bits per heavy atom. The summed E-state index contributed by atoms with van der Waals surface area (Å²) in [5, 5.41) is 0. The summed E-state index contributed by atoms with van der Waals surface area (Å²) in [4.78, 5) is 0. The van der Waals surface area contributed by atoms with Crippen LogP contribution in [0.3, 0.4) is 0 Å². The van der Waals surface area contributed by atoms with Crippen molar-refractivity contribution in [3.8, 4) is 0 Å². The highest BCUT2D eigenvalue weighted by molar-refractivity contribution is 5.24. The molecule has 0 heterocycles. The second kappa shape index (κ2) is 4.25. The summed E-state index contributed by atoms with van der Waals surface area (Å²) < 4.78 is 39.1. The minimum absolute atomic E-state index is 0.0325. The van der Waals surface area contributed by atoms with Gasteiger partial charge in [0.05, 0.1) is 0 Å². The fourth-order valence-electron chi connectivity index (χ4n) is 2.09.